The number of likely N-dealkylation sites (N-methyl/N-ethyl adjacent to an activating group) is 1. The molecule has 2 amide bonds. The van der Waals surface area contributed by atoms with Gasteiger partial charge in [0, 0.05) is 31.2 Å². The highest BCUT2D eigenvalue weighted by molar-refractivity contribution is 6.39. The normalized spacial score (nSPS) is 11.7. The molecule has 1 atom stereocenters. The molecule has 1 unspecified atom stereocenters. The van der Waals surface area contributed by atoms with Crippen molar-refractivity contribution < 1.29 is 19.1 Å². The molecule has 0 aliphatic rings. The summed E-state index contributed by atoms with van der Waals surface area (Å²) in [6.07, 6.45) is 1.93. The predicted octanol–water partition coefficient (Wildman–Crippen LogP) is 1.17. The minimum absolute atomic E-state index is 0.0684. The third-order valence-electron chi connectivity index (χ3n) is 4.17. The first-order valence-electron chi connectivity index (χ1n) is 8.38. The quantitative estimate of drug-likeness (QED) is 0.587. The van der Waals surface area contributed by atoms with E-state index in [-0.39, 0.29) is 6.04 Å². The van der Waals surface area contributed by atoms with Gasteiger partial charge in [-0.3, -0.25) is 14.5 Å². The highest BCUT2D eigenvalue weighted by Crippen LogP contribution is 2.17. The Balaban J connectivity index is 1.94. The van der Waals surface area contributed by atoms with E-state index in [0.29, 0.717) is 17.8 Å². The number of aryl methyl sites for hydroxylation is 1. The summed E-state index contributed by atoms with van der Waals surface area (Å²) in [5.41, 5.74) is 1.80. The molecule has 1 aromatic carbocycles. The van der Waals surface area contributed by atoms with Crippen LogP contribution in [0.15, 0.2) is 42.6 Å². The van der Waals surface area contributed by atoms with E-state index in [0.717, 1.165) is 5.69 Å². The Hall–Kier alpha value is -3.13. The molecule has 8 heteroatoms. The molecule has 0 radical (unpaired) electrons. The summed E-state index contributed by atoms with van der Waals surface area (Å²) < 4.78 is 6.58. The van der Waals surface area contributed by atoms with E-state index in [1.165, 1.54) is 31.4 Å². The lowest BCUT2D eigenvalue weighted by atomic mass is 10.2. The first-order chi connectivity index (χ1) is 12.8. The van der Waals surface area contributed by atoms with Crippen molar-refractivity contribution in [1.82, 2.24) is 14.8 Å². The fraction of sp³-hybridized carbons (Fsp3) is 0.316. The van der Waals surface area contributed by atoms with Gasteiger partial charge in [0.05, 0.1) is 18.7 Å². The largest absolute Gasteiger partial charge is 0.465 e. The molecule has 2 rings (SSSR count). The molecule has 2 N–H and O–H groups in total. The van der Waals surface area contributed by atoms with Gasteiger partial charge in [0.25, 0.3) is 0 Å². The number of methoxy groups -OCH3 is 1. The molecule has 0 spiro atoms. The number of rotatable bonds is 6. The Labute approximate surface area is 158 Å². The number of anilines is 1. The fourth-order valence-corrected chi connectivity index (χ4v) is 2.64. The summed E-state index contributed by atoms with van der Waals surface area (Å²) in [5.74, 6) is -1.97. The van der Waals surface area contributed by atoms with Crippen molar-refractivity contribution in [2.24, 2.45) is 7.05 Å². The van der Waals surface area contributed by atoms with Crippen LogP contribution in [-0.4, -0.2) is 55.0 Å². The van der Waals surface area contributed by atoms with Crippen LogP contribution in [0.1, 0.15) is 22.1 Å². The number of carbonyl (C=O) groups excluding carboxylic acids is 3. The fourth-order valence-electron chi connectivity index (χ4n) is 2.64. The van der Waals surface area contributed by atoms with Crippen molar-refractivity contribution in [2.75, 3.05) is 33.1 Å². The second-order valence-corrected chi connectivity index (χ2v) is 6.26. The van der Waals surface area contributed by atoms with Crippen molar-refractivity contribution >= 4 is 23.5 Å². The molecule has 0 aliphatic carbocycles. The maximum absolute atomic E-state index is 12.1. The smallest absolute Gasteiger partial charge is 0.337 e. The molecule has 0 aliphatic heterocycles. The van der Waals surface area contributed by atoms with Crippen LogP contribution in [0.5, 0.6) is 0 Å². The van der Waals surface area contributed by atoms with Crippen molar-refractivity contribution in [2.45, 2.75) is 6.04 Å². The molecular weight excluding hydrogens is 348 g/mol. The van der Waals surface area contributed by atoms with Gasteiger partial charge >= 0.3 is 17.8 Å². The van der Waals surface area contributed by atoms with Crippen molar-refractivity contribution in [3.05, 3.63) is 53.9 Å². The molecule has 144 valence electrons. The maximum atomic E-state index is 12.1. The lowest BCUT2D eigenvalue weighted by Crippen LogP contribution is -2.40. The first-order valence-corrected chi connectivity index (χ1v) is 8.38. The number of ether oxygens (including phenoxy) is 1. The lowest BCUT2D eigenvalue weighted by Gasteiger charge is -2.25. The monoisotopic (exact) mass is 372 g/mol. The molecule has 2 aromatic rings. The van der Waals surface area contributed by atoms with Gasteiger partial charge in [-0.25, -0.2) is 4.79 Å². The van der Waals surface area contributed by atoms with E-state index in [9.17, 15) is 14.4 Å². The van der Waals surface area contributed by atoms with Gasteiger partial charge in [-0.2, -0.15) is 0 Å². The average molecular weight is 372 g/mol. The Morgan fingerprint density at radius 3 is 2.30 bits per heavy atom. The highest BCUT2D eigenvalue weighted by Gasteiger charge is 2.20. The van der Waals surface area contributed by atoms with E-state index in [1.54, 1.807) is 0 Å². The zero-order valence-corrected chi connectivity index (χ0v) is 15.9. The molecule has 8 nitrogen and oxygen atoms in total. The molecular formula is C19H24N4O4. The lowest BCUT2D eigenvalue weighted by molar-refractivity contribution is -0.136. The minimum atomic E-state index is -0.773. The molecule has 0 fully saturated rings. The summed E-state index contributed by atoms with van der Waals surface area (Å²) >= 11 is 0. The summed E-state index contributed by atoms with van der Waals surface area (Å²) in [5, 5.41) is 5.16. The van der Waals surface area contributed by atoms with Crippen LogP contribution in [0.2, 0.25) is 0 Å². The second-order valence-electron chi connectivity index (χ2n) is 6.26. The number of esters is 1. The molecule has 27 heavy (non-hydrogen) atoms. The molecule has 1 heterocycles. The summed E-state index contributed by atoms with van der Waals surface area (Å²) in [7, 11) is 7.04. The zero-order chi connectivity index (χ0) is 20.0. The van der Waals surface area contributed by atoms with Crippen molar-refractivity contribution in [3.8, 4) is 0 Å². The predicted molar refractivity (Wildman–Crippen MR) is 101 cm³/mol. The summed E-state index contributed by atoms with van der Waals surface area (Å²) in [6, 6.07) is 9.92. The van der Waals surface area contributed by atoms with Gasteiger partial charge in [-0.05, 0) is 50.5 Å². The summed E-state index contributed by atoms with van der Waals surface area (Å²) in [4.78, 5) is 37.6. The number of hydrogen-bond donors (Lipinski definition) is 2. The van der Waals surface area contributed by atoms with E-state index in [2.05, 4.69) is 15.4 Å². The molecule has 0 saturated carbocycles. The standard InChI is InChI=1S/C19H24N4O4/c1-22(2)16(15-6-5-11-23(15)3)12-20-17(24)18(25)21-14-9-7-13(8-10-14)19(26)27-4/h5-11,16H,12H2,1-4H3,(H,20,24)(H,21,25). The van der Waals surface area contributed by atoms with Gasteiger partial charge < -0.3 is 19.9 Å². The van der Waals surface area contributed by atoms with Gasteiger partial charge in [-0.15, -0.1) is 0 Å². The van der Waals surface area contributed by atoms with Gasteiger partial charge in [-0.1, -0.05) is 0 Å². The number of nitrogens with one attached hydrogen (secondary N) is 2. The molecule has 0 saturated heterocycles. The number of amides is 2. The number of benzene rings is 1. The third-order valence-corrected chi connectivity index (χ3v) is 4.17. The van der Waals surface area contributed by atoms with Gasteiger partial charge in [0.1, 0.15) is 0 Å². The number of carbonyl (C=O) groups is 3. The first kappa shape index (κ1) is 20.2. The Bertz CT molecular complexity index is 811. The summed E-state index contributed by atoms with van der Waals surface area (Å²) in [6.45, 7) is 0.290. The average Bonchev–Trinajstić information content (AvgIpc) is 3.07. The highest BCUT2D eigenvalue weighted by atomic mass is 16.5. The Morgan fingerprint density at radius 1 is 1.11 bits per heavy atom. The van der Waals surface area contributed by atoms with Gasteiger partial charge in [0.15, 0.2) is 0 Å². The van der Waals surface area contributed by atoms with Crippen LogP contribution in [0.25, 0.3) is 0 Å². The van der Waals surface area contributed by atoms with Crippen LogP contribution < -0.4 is 10.6 Å². The third kappa shape index (κ3) is 5.18. The van der Waals surface area contributed by atoms with E-state index < -0.39 is 17.8 Å². The van der Waals surface area contributed by atoms with E-state index >= 15 is 0 Å². The van der Waals surface area contributed by atoms with Crippen LogP contribution in [-0.2, 0) is 21.4 Å². The van der Waals surface area contributed by atoms with Crippen LogP contribution >= 0.6 is 0 Å². The maximum Gasteiger partial charge on any atom is 0.337 e. The minimum Gasteiger partial charge on any atom is -0.465 e. The van der Waals surface area contributed by atoms with Crippen LogP contribution in [0.3, 0.4) is 0 Å². The second kappa shape index (κ2) is 9.00. The topological polar surface area (TPSA) is 92.7 Å². The number of hydrogen-bond acceptors (Lipinski definition) is 5. The Kier molecular flexibility index (Phi) is 6.73. The van der Waals surface area contributed by atoms with Crippen LogP contribution in [0, 0.1) is 0 Å². The van der Waals surface area contributed by atoms with E-state index in [4.69, 9.17) is 0 Å². The number of nitrogens with zero attached hydrogens (tertiary/aromatic N) is 2. The van der Waals surface area contributed by atoms with Crippen molar-refractivity contribution in [3.63, 3.8) is 0 Å². The van der Waals surface area contributed by atoms with Crippen LogP contribution in [0.4, 0.5) is 5.69 Å². The SMILES string of the molecule is COC(=O)c1ccc(NC(=O)C(=O)NCC(c2cccn2C)N(C)C)cc1. The molecule has 0 bridgehead atoms. The Morgan fingerprint density at radius 2 is 1.78 bits per heavy atom. The zero-order valence-electron chi connectivity index (χ0n) is 15.9. The molecule has 1 aromatic heterocycles. The van der Waals surface area contributed by atoms with Crippen molar-refractivity contribution in [1.29, 1.82) is 0 Å². The number of aromatic nitrogens is 1. The van der Waals surface area contributed by atoms with E-state index in [1.807, 2.05) is 48.9 Å². The van der Waals surface area contributed by atoms with Gasteiger partial charge in [0.2, 0.25) is 0 Å².